The van der Waals surface area contributed by atoms with Crippen LogP contribution in [0.3, 0.4) is 0 Å². The van der Waals surface area contributed by atoms with E-state index in [4.69, 9.17) is 0 Å². The quantitative estimate of drug-likeness (QED) is 0.202. The van der Waals surface area contributed by atoms with E-state index in [2.05, 4.69) is 25.6 Å². The molecule has 2 amide bonds. The van der Waals surface area contributed by atoms with Crippen LogP contribution in [0.1, 0.15) is 90.0 Å². The summed E-state index contributed by atoms with van der Waals surface area (Å²) >= 11 is 0.814. The first-order valence-electron chi connectivity index (χ1n) is 13.5. The van der Waals surface area contributed by atoms with Crippen molar-refractivity contribution in [3.63, 3.8) is 0 Å². The lowest BCUT2D eigenvalue weighted by Gasteiger charge is -2.33. The number of aromatic nitrogens is 3. The highest BCUT2D eigenvalue weighted by Gasteiger charge is 2.40. The molecule has 236 valence electrons. The number of hydrogen-bond acceptors (Lipinski definition) is 5. The highest BCUT2D eigenvalue weighted by atomic mass is 32.1. The number of aromatic amines is 1. The lowest BCUT2D eigenvalue weighted by molar-refractivity contribution is -0.144. The van der Waals surface area contributed by atoms with Gasteiger partial charge < -0.3 is 15.6 Å². The molecule has 0 unspecified atom stereocenters. The standard InChI is InChI=1S/C27H29F8N5O2S/c1-14(37-20(41)6-10-26(30,31)32)16-2-3-17-18(12-16)39-23(38-17)22(15-4-8-25(28,29)9-5-15)40-24(42)19-13-36-21(43-19)7-11-27(33,34)35/h2-3,12-15,22H,4-11H2,1H3,(H,37,41)(H,38,39)(H,40,42)/t14-,22+/m1/s1. The lowest BCUT2D eigenvalue weighted by Crippen LogP contribution is -2.37. The van der Waals surface area contributed by atoms with Gasteiger partial charge in [0, 0.05) is 32.1 Å². The number of hydrogen-bond donors (Lipinski definition) is 3. The molecule has 0 radical (unpaired) electrons. The van der Waals surface area contributed by atoms with Crippen molar-refractivity contribution in [2.45, 2.75) is 88.6 Å². The van der Waals surface area contributed by atoms with Crippen molar-refractivity contribution in [1.29, 1.82) is 0 Å². The fraction of sp³-hybridized carbons (Fsp3) is 0.556. The van der Waals surface area contributed by atoms with E-state index in [1.54, 1.807) is 25.1 Å². The predicted octanol–water partition coefficient (Wildman–Crippen LogP) is 7.33. The number of aryl methyl sites for hydroxylation is 1. The van der Waals surface area contributed by atoms with Gasteiger partial charge in [-0.15, -0.1) is 11.3 Å². The van der Waals surface area contributed by atoms with Gasteiger partial charge in [0.1, 0.15) is 10.7 Å². The number of H-pyrrole nitrogens is 1. The van der Waals surface area contributed by atoms with Crippen LogP contribution in [0.25, 0.3) is 11.0 Å². The average molecular weight is 640 g/mol. The molecule has 1 aromatic carbocycles. The lowest BCUT2D eigenvalue weighted by atomic mass is 9.81. The van der Waals surface area contributed by atoms with Crippen molar-refractivity contribution in [3.8, 4) is 0 Å². The van der Waals surface area contributed by atoms with E-state index < -0.39 is 67.4 Å². The summed E-state index contributed by atoms with van der Waals surface area (Å²) in [6.07, 6.45) is -11.7. The third-order valence-electron chi connectivity index (χ3n) is 7.25. The van der Waals surface area contributed by atoms with Crippen LogP contribution in [0.15, 0.2) is 24.4 Å². The molecule has 2 heterocycles. The van der Waals surface area contributed by atoms with Crippen LogP contribution in [0.4, 0.5) is 35.1 Å². The minimum Gasteiger partial charge on any atom is -0.350 e. The summed E-state index contributed by atoms with van der Waals surface area (Å²) in [6.45, 7) is 1.60. The number of benzene rings is 1. The third kappa shape index (κ3) is 9.34. The maximum atomic E-state index is 13.9. The number of nitrogens with zero attached hydrogens (tertiary/aromatic N) is 2. The summed E-state index contributed by atoms with van der Waals surface area (Å²) < 4.78 is 103. The van der Waals surface area contributed by atoms with E-state index in [1.165, 1.54) is 6.20 Å². The van der Waals surface area contributed by atoms with Crippen molar-refractivity contribution in [2.75, 3.05) is 0 Å². The fourth-order valence-electron chi connectivity index (χ4n) is 4.91. The van der Waals surface area contributed by atoms with Crippen molar-refractivity contribution in [1.82, 2.24) is 25.6 Å². The molecule has 0 bridgehead atoms. The van der Waals surface area contributed by atoms with Crippen LogP contribution in [0.2, 0.25) is 0 Å². The van der Waals surface area contributed by atoms with Gasteiger partial charge in [-0.25, -0.2) is 18.7 Å². The SMILES string of the molecule is C[C@@H](NC(=O)CCC(F)(F)F)c1ccc2[nH]c([C@@H](NC(=O)c3cnc(CCC(F)(F)F)s3)C3CCC(F)(F)CC3)nc2c1. The van der Waals surface area contributed by atoms with E-state index in [-0.39, 0.29) is 47.8 Å². The second kappa shape index (κ2) is 12.7. The molecular weight excluding hydrogens is 610 g/mol. The van der Waals surface area contributed by atoms with Gasteiger partial charge in [0.2, 0.25) is 11.8 Å². The number of imidazole rings is 1. The Labute approximate surface area is 244 Å². The molecule has 1 aliphatic carbocycles. The summed E-state index contributed by atoms with van der Waals surface area (Å²) in [5, 5.41) is 5.45. The molecule has 0 spiro atoms. The molecule has 0 saturated heterocycles. The van der Waals surface area contributed by atoms with Gasteiger partial charge >= 0.3 is 12.4 Å². The fourth-order valence-corrected chi connectivity index (χ4v) is 5.73. The minimum atomic E-state index is -4.46. The van der Waals surface area contributed by atoms with Crippen molar-refractivity contribution >= 4 is 34.2 Å². The first-order valence-corrected chi connectivity index (χ1v) is 14.4. The Hall–Kier alpha value is -3.30. The molecule has 0 aliphatic heterocycles. The average Bonchev–Trinajstić information content (AvgIpc) is 3.55. The zero-order chi connectivity index (χ0) is 31.6. The van der Waals surface area contributed by atoms with Crippen LogP contribution in [-0.2, 0) is 11.2 Å². The van der Waals surface area contributed by atoms with E-state index >= 15 is 0 Å². The van der Waals surface area contributed by atoms with Gasteiger partial charge in [-0.2, -0.15) is 26.3 Å². The summed E-state index contributed by atoms with van der Waals surface area (Å²) in [7, 11) is 0. The van der Waals surface area contributed by atoms with Crippen LogP contribution in [0.5, 0.6) is 0 Å². The summed E-state index contributed by atoms with van der Waals surface area (Å²) in [5.41, 5.74) is 1.50. The number of fused-ring (bicyclic) bond motifs is 1. The Morgan fingerprint density at radius 2 is 1.74 bits per heavy atom. The van der Waals surface area contributed by atoms with Gasteiger partial charge in [-0.1, -0.05) is 6.07 Å². The number of rotatable bonds is 10. The molecule has 4 rings (SSSR count). The highest BCUT2D eigenvalue weighted by Crippen LogP contribution is 2.41. The summed E-state index contributed by atoms with van der Waals surface area (Å²) in [6, 6.07) is 3.43. The number of thiazole rings is 1. The Kier molecular flexibility index (Phi) is 9.66. The first-order chi connectivity index (χ1) is 20.0. The van der Waals surface area contributed by atoms with E-state index in [1.807, 2.05) is 0 Å². The molecular formula is C27H29F8N5O2S. The number of nitrogens with one attached hydrogen (secondary N) is 3. The number of carbonyl (C=O) groups excluding carboxylic acids is 2. The number of halogens is 8. The van der Waals surface area contributed by atoms with Gasteiger partial charge in [-0.05, 0) is 43.4 Å². The smallest absolute Gasteiger partial charge is 0.350 e. The topological polar surface area (TPSA) is 99.8 Å². The molecule has 1 aliphatic rings. The van der Waals surface area contributed by atoms with Crippen molar-refractivity contribution in [2.24, 2.45) is 5.92 Å². The first kappa shape index (κ1) is 32.6. The second-order valence-electron chi connectivity index (χ2n) is 10.7. The largest absolute Gasteiger partial charge is 0.389 e. The molecule has 1 saturated carbocycles. The van der Waals surface area contributed by atoms with Crippen LogP contribution < -0.4 is 10.6 Å². The summed E-state index contributed by atoms with van der Waals surface area (Å²) in [5.74, 6) is -4.38. The molecule has 7 nitrogen and oxygen atoms in total. The van der Waals surface area contributed by atoms with Crippen LogP contribution in [0, 0.1) is 5.92 Å². The summed E-state index contributed by atoms with van der Waals surface area (Å²) in [4.78, 5) is 36.7. The van der Waals surface area contributed by atoms with Gasteiger partial charge in [0.25, 0.3) is 5.91 Å². The Bertz CT molecular complexity index is 1420. The Morgan fingerprint density at radius 1 is 1.07 bits per heavy atom. The predicted molar refractivity (Wildman–Crippen MR) is 142 cm³/mol. The minimum absolute atomic E-state index is 0.0665. The Balaban J connectivity index is 1.53. The van der Waals surface area contributed by atoms with E-state index in [0.717, 1.165) is 11.3 Å². The van der Waals surface area contributed by atoms with Crippen LogP contribution >= 0.6 is 11.3 Å². The highest BCUT2D eigenvalue weighted by molar-refractivity contribution is 7.13. The normalized spacial score (nSPS) is 17.5. The molecule has 3 aromatic rings. The number of amides is 2. The number of carbonyl (C=O) groups is 2. The van der Waals surface area contributed by atoms with Gasteiger partial charge in [-0.3, -0.25) is 9.59 Å². The van der Waals surface area contributed by atoms with Crippen molar-refractivity contribution in [3.05, 3.63) is 45.7 Å². The molecule has 2 aromatic heterocycles. The third-order valence-corrected chi connectivity index (χ3v) is 8.31. The second-order valence-corrected chi connectivity index (χ2v) is 11.8. The zero-order valence-corrected chi connectivity index (χ0v) is 23.7. The zero-order valence-electron chi connectivity index (χ0n) is 22.8. The Morgan fingerprint density at radius 3 is 2.40 bits per heavy atom. The van der Waals surface area contributed by atoms with E-state index in [9.17, 15) is 44.7 Å². The molecule has 2 atom stereocenters. The van der Waals surface area contributed by atoms with Crippen molar-refractivity contribution < 1.29 is 44.7 Å². The molecule has 43 heavy (non-hydrogen) atoms. The van der Waals surface area contributed by atoms with E-state index in [0.29, 0.717) is 16.6 Å². The maximum Gasteiger partial charge on any atom is 0.389 e. The number of alkyl halides is 8. The molecule has 16 heteroatoms. The van der Waals surface area contributed by atoms with Crippen LogP contribution in [-0.4, -0.2) is 45.0 Å². The van der Waals surface area contributed by atoms with Gasteiger partial charge in [0.05, 0.1) is 40.7 Å². The maximum absolute atomic E-state index is 13.9. The van der Waals surface area contributed by atoms with Gasteiger partial charge in [0.15, 0.2) is 0 Å². The molecule has 1 fully saturated rings. The molecule has 3 N–H and O–H groups in total. The monoisotopic (exact) mass is 639 g/mol.